The van der Waals surface area contributed by atoms with Crippen LogP contribution in [0.3, 0.4) is 0 Å². The summed E-state index contributed by atoms with van der Waals surface area (Å²) < 4.78 is 0. The van der Waals surface area contributed by atoms with Gasteiger partial charge in [0.1, 0.15) is 0 Å². The van der Waals surface area contributed by atoms with Gasteiger partial charge in [-0.1, -0.05) is 35.9 Å². The molecule has 2 aliphatic heterocycles. The van der Waals surface area contributed by atoms with E-state index in [1.54, 1.807) is 35.2 Å². The Morgan fingerprint density at radius 1 is 0.900 bits per heavy atom. The van der Waals surface area contributed by atoms with Gasteiger partial charge in [0.25, 0.3) is 17.7 Å². The number of carbonyl (C=O) groups excluding carboxylic acids is 3. The zero-order valence-corrected chi connectivity index (χ0v) is 16.8. The van der Waals surface area contributed by atoms with Gasteiger partial charge in [0.15, 0.2) is 0 Å². The number of nitrogens with zero attached hydrogens (tertiary/aromatic N) is 2. The summed E-state index contributed by atoms with van der Waals surface area (Å²) in [5.41, 5.74) is 4.61. The topological polar surface area (TPSA) is 57.7 Å². The lowest BCUT2D eigenvalue weighted by Gasteiger charge is -2.23. The highest BCUT2D eigenvalue weighted by atomic mass is 16.2. The molecular formula is C25H20N2O3. The monoisotopic (exact) mass is 396 g/mol. The van der Waals surface area contributed by atoms with Gasteiger partial charge in [-0.3, -0.25) is 14.4 Å². The molecule has 0 bridgehead atoms. The standard InChI is InChI=1S/C25H20N2O3/c1-15-7-10-19(11-8-15)27-24(29)20-12-9-18(14-21(20)25(27)30)23(28)26-16(2)13-17-5-3-4-6-22(17)26/h3-12,14,16H,13H2,1-2H3/t16-/m1/s1. The maximum Gasteiger partial charge on any atom is 0.266 e. The van der Waals surface area contributed by atoms with Gasteiger partial charge < -0.3 is 4.90 Å². The first-order valence-corrected chi connectivity index (χ1v) is 9.96. The molecule has 0 saturated heterocycles. The van der Waals surface area contributed by atoms with Crippen molar-refractivity contribution in [2.24, 2.45) is 0 Å². The van der Waals surface area contributed by atoms with E-state index in [1.165, 1.54) is 4.90 Å². The Kier molecular flexibility index (Phi) is 4.07. The molecule has 5 heteroatoms. The summed E-state index contributed by atoms with van der Waals surface area (Å²) in [5.74, 6) is -0.926. The highest BCUT2D eigenvalue weighted by Gasteiger charge is 2.38. The molecule has 0 radical (unpaired) electrons. The summed E-state index contributed by atoms with van der Waals surface area (Å²) in [5, 5.41) is 0. The number of para-hydroxylation sites is 1. The lowest BCUT2D eigenvalue weighted by Crippen LogP contribution is -2.35. The summed E-state index contributed by atoms with van der Waals surface area (Å²) >= 11 is 0. The van der Waals surface area contributed by atoms with Crippen molar-refractivity contribution < 1.29 is 14.4 Å². The summed E-state index contributed by atoms with van der Waals surface area (Å²) in [7, 11) is 0. The fraction of sp³-hybridized carbons (Fsp3) is 0.160. The van der Waals surface area contributed by atoms with Gasteiger partial charge >= 0.3 is 0 Å². The molecule has 2 heterocycles. The summed E-state index contributed by atoms with van der Waals surface area (Å²) in [6.07, 6.45) is 0.797. The van der Waals surface area contributed by atoms with Crippen molar-refractivity contribution >= 4 is 29.1 Å². The quantitative estimate of drug-likeness (QED) is 0.604. The van der Waals surface area contributed by atoms with Gasteiger partial charge in [0, 0.05) is 17.3 Å². The molecule has 0 fully saturated rings. The second-order valence-corrected chi connectivity index (χ2v) is 7.90. The highest BCUT2D eigenvalue weighted by molar-refractivity contribution is 6.34. The number of benzene rings is 3. The van der Waals surface area contributed by atoms with E-state index in [9.17, 15) is 14.4 Å². The number of hydrogen-bond acceptors (Lipinski definition) is 3. The predicted octanol–water partition coefficient (Wildman–Crippen LogP) is 4.39. The van der Waals surface area contributed by atoms with Gasteiger partial charge in [0.05, 0.1) is 16.8 Å². The first kappa shape index (κ1) is 18.3. The second kappa shape index (κ2) is 6.66. The molecule has 1 atom stereocenters. The lowest BCUT2D eigenvalue weighted by atomic mass is 10.0. The van der Waals surface area contributed by atoms with E-state index in [1.807, 2.05) is 50.2 Å². The molecule has 148 valence electrons. The molecule has 0 aliphatic carbocycles. The lowest BCUT2D eigenvalue weighted by molar-refractivity contribution is 0.0925. The van der Waals surface area contributed by atoms with Gasteiger partial charge in [0.2, 0.25) is 0 Å². The molecular weight excluding hydrogens is 376 g/mol. The molecule has 5 rings (SSSR count). The van der Waals surface area contributed by atoms with Crippen LogP contribution in [0.4, 0.5) is 11.4 Å². The zero-order valence-electron chi connectivity index (χ0n) is 16.8. The molecule has 5 nitrogen and oxygen atoms in total. The van der Waals surface area contributed by atoms with Gasteiger partial charge in [-0.15, -0.1) is 0 Å². The number of imide groups is 1. The number of hydrogen-bond donors (Lipinski definition) is 0. The largest absolute Gasteiger partial charge is 0.305 e. The fourth-order valence-corrected chi connectivity index (χ4v) is 4.32. The normalized spacial score (nSPS) is 17.3. The number of amides is 3. The summed E-state index contributed by atoms with van der Waals surface area (Å²) in [6.45, 7) is 3.96. The van der Waals surface area contributed by atoms with Crippen LogP contribution in [0, 0.1) is 6.92 Å². The first-order chi connectivity index (χ1) is 14.5. The Labute approximate surface area is 174 Å². The van der Waals surface area contributed by atoms with Gasteiger partial charge in [-0.2, -0.15) is 0 Å². The molecule has 3 aromatic rings. The van der Waals surface area contributed by atoms with Crippen LogP contribution in [0.5, 0.6) is 0 Å². The minimum absolute atomic E-state index is 0.0320. The Hall–Kier alpha value is -3.73. The van der Waals surface area contributed by atoms with Crippen molar-refractivity contribution in [1.29, 1.82) is 0 Å². The molecule has 30 heavy (non-hydrogen) atoms. The smallest absolute Gasteiger partial charge is 0.266 e. The first-order valence-electron chi connectivity index (χ1n) is 9.96. The van der Waals surface area contributed by atoms with Crippen LogP contribution < -0.4 is 9.80 Å². The average Bonchev–Trinajstić information content (AvgIpc) is 3.21. The minimum atomic E-state index is -0.400. The molecule has 3 aromatic carbocycles. The number of anilines is 2. The fourth-order valence-electron chi connectivity index (χ4n) is 4.32. The molecule has 3 amide bonds. The van der Waals surface area contributed by atoms with Crippen LogP contribution in [0.2, 0.25) is 0 Å². The van der Waals surface area contributed by atoms with Crippen LogP contribution in [-0.2, 0) is 6.42 Å². The average molecular weight is 396 g/mol. The van der Waals surface area contributed by atoms with Crippen molar-refractivity contribution in [3.05, 3.63) is 94.5 Å². The van der Waals surface area contributed by atoms with E-state index in [0.717, 1.165) is 23.2 Å². The number of fused-ring (bicyclic) bond motifs is 2. The van der Waals surface area contributed by atoms with Crippen LogP contribution in [0.15, 0.2) is 66.7 Å². The zero-order chi connectivity index (χ0) is 21.0. The van der Waals surface area contributed by atoms with Crippen molar-refractivity contribution in [2.45, 2.75) is 26.3 Å². The van der Waals surface area contributed by atoms with E-state index in [2.05, 4.69) is 0 Å². The summed E-state index contributed by atoms with van der Waals surface area (Å²) in [6, 6.07) is 19.9. The molecule has 2 aliphatic rings. The van der Waals surface area contributed by atoms with Gasteiger partial charge in [-0.25, -0.2) is 4.90 Å². The van der Waals surface area contributed by atoms with Crippen molar-refractivity contribution in [1.82, 2.24) is 0 Å². The third-order valence-corrected chi connectivity index (χ3v) is 5.85. The Balaban J connectivity index is 1.51. The molecule has 0 saturated carbocycles. The number of aryl methyl sites for hydroxylation is 1. The van der Waals surface area contributed by atoms with E-state index in [-0.39, 0.29) is 23.4 Å². The summed E-state index contributed by atoms with van der Waals surface area (Å²) in [4.78, 5) is 42.1. The Bertz CT molecular complexity index is 1210. The van der Waals surface area contributed by atoms with Crippen molar-refractivity contribution in [3.63, 3.8) is 0 Å². The van der Waals surface area contributed by atoms with E-state index in [4.69, 9.17) is 0 Å². The molecule has 0 N–H and O–H groups in total. The SMILES string of the molecule is Cc1ccc(N2C(=O)c3ccc(C(=O)N4c5ccccc5C[C@H]4C)cc3C2=O)cc1. The molecule has 0 unspecified atom stereocenters. The Morgan fingerprint density at radius 2 is 1.60 bits per heavy atom. The van der Waals surface area contributed by atoms with E-state index in [0.29, 0.717) is 16.8 Å². The maximum absolute atomic E-state index is 13.3. The predicted molar refractivity (Wildman–Crippen MR) is 115 cm³/mol. The number of carbonyl (C=O) groups is 3. The highest BCUT2D eigenvalue weighted by Crippen LogP contribution is 2.34. The van der Waals surface area contributed by atoms with E-state index >= 15 is 0 Å². The maximum atomic E-state index is 13.3. The molecule has 0 spiro atoms. The third kappa shape index (κ3) is 2.66. The second-order valence-electron chi connectivity index (χ2n) is 7.90. The van der Waals surface area contributed by atoms with Crippen LogP contribution in [0.1, 0.15) is 49.1 Å². The van der Waals surface area contributed by atoms with Crippen molar-refractivity contribution in [3.8, 4) is 0 Å². The van der Waals surface area contributed by atoms with Crippen molar-refractivity contribution in [2.75, 3.05) is 9.80 Å². The molecule has 0 aromatic heterocycles. The van der Waals surface area contributed by atoms with Gasteiger partial charge in [-0.05, 0) is 62.2 Å². The third-order valence-electron chi connectivity index (χ3n) is 5.85. The van der Waals surface area contributed by atoms with Crippen LogP contribution >= 0.6 is 0 Å². The number of rotatable bonds is 2. The van der Waals surface area contributed by atoms with Crippen LogP contribution in [0.25, 0.3) is 0 Å². The van der Waals surface area contributed by atoms with E-state index < -0.39 is 5.91 Å². The Morgan fingerprint density at radius 3 is 2.37 bits per heavy atom. The van der Waals surface area contributed by atoms with Crippen LogP contribution in [-0.4, -0.2) is 23.8 Å². The minimum Gasteiger partial charge on any atom is -0.305 e.